The van der Waals surface area contributed by atoms with Crippen LogP contribution in [-0.4, -0.2) is 86.3 Å². The molecule has 2 fully saturated rings. The maximum atomic E-state index is 13.5. The second kappa shape index (κ2) is 14.2. The van der Waals surface area contributed by atoms with E-state index in [-0.39, 0.29) is 11.3 Å². The molecule has 1 N–H and O–H groups in total. The summed E-state index contributed by atoms with van der Waals surface area (Å²) in [5, 5.41) is 11.5. The average Bonchev–Trinajstić information content (AvgIpc) is 3.24. The number of unbranched alkanes of at least 4 members (excludes halogenated alkanes) is 1. The maximum absolute atomic E-state index is 13.5. The lowest BCUT2D eigenvalue weighted by Gasteiger charge is -2.31. The Morgan fingerprint density at radius 3 is 2.50 bits per heavy atom. The fourth-order valence-corrected chi connectivity index (χ4v) is 4.94. The van der Waals surface area contributed by atoms with E-state index in [0.29, 0.717) is 67.9 Å². The summed E-state index contributed by atoms with van der Waals surface area (Å²) >= 11 is 0. The largest absolute Gasteiger partial charge is 0.507 e. The van der Waals surface area contributed by atoms with Crippen LogP contribution in [0.15, 0.2) is 48.0 Å². The molecule has 1 unspecified atom stereocenters. The molecule has 2 aliphatic heterocycles. The van der Waals surface area contributed by atoms with E-state index in [1.807, 2.05) is 13.0 Å². The van der Waals surface area contributed by atoms with Crippen molar-refractivity contribution in [1.29, 1.82) is 0 Å². The van der Waals surface area contributed by atoms with E-state index in [0.717, 1.165) is 32.4 Å². The predicted octanol–water partition coefficient (Wildman–Crippen LogP) is 4.42. The van der Waals surface area contributed by atoms with Crippen LogP contribution in [0.4, 0.5) is 0 Å². The lowest BCUT2D eigenvalue weighted by Crippen LogP contribution is -2.42. The van der Waals surface area contributed by atoms with Gasteiger partial charge in [0.1, 0.15) is 11.5 Å². The Balaban J connectivity index is 1.74. The van der Waals surface area contributed by atoms with Gasteiger partial charge in [-0.3, -0.25) is 14.5 Å². The normalized spacial score (nSPS) is 19.2. The summed E-state index contributed by atoms with van der Waals surface area (Å²) in [5.41, 5.74) is 1.11. The first-order valence-corrected chi connectivity index (χ1v) is 14.1. The summed E-state index contributed by atoms with van der Waals surface area (Å²) in [7, 11) is 1.56. The van der Waals surface area contributed by atoms with Crippen LogP contribution in [0.1, 0.15) is 50.3 Å². The van der Waals surface area contributed by atoms with Crippen LogP contribution >= 0.6 is 0 Å². The Morgan fingerprint density at radius 1 is 0.975 bits per heavy atom. The van der Waals surface area contributed by atoms with E-state index in [9.17, 15) is 14.7 Å². The number of aliphatic hydroxyl groups is 1. The van der Waals surface area contributed by atoms with Crippen molar-refractivity contribution >= 4 is 17.4 Å². The van der Waals surface area contributed by atoms with Crippen molar-refractivity contribution in [2.45, 2.75) is 39.2 Å². The van der Waals surface area contributed by atoms with Crippen molar-refractivity contribution in [3.63, 3.8) is 0 Å². The van der Waals surface area contributed by atoms with Crippen LogP contribution in [-0.2, 0) is 14.3 Å². The molecule has 1 amide bonds. The third-order valence-corrected chi connectivity index (χ3v) is 7.14. The van der Waals surface area contributed by atoms with Gasteiger partial charge in [-0.05, 0) is 42.7 Å². The van der Waals surface area contributed by atoms with Gasteiger partial charge in [0.2, 0.25) is 0 Å². The zero-order chi connectivity index (χ0) is 28.5. The topological polar surface area (TPSA) is 97.8 Å². The molecule has 1 atom stereocenters. The number of aliphatic hydroxyl groups excluding tert-OH is 1. The monoisotopic (exact) mass is 552 g/mol. The number of methoxy groups -OCH3 is 1. The number of benzene rings is 2. The number of carbonyl (C=O) groups is 2. The third kappa shape index (κ3) is 6.77. The first-order chi connectivity index (χ1) is 19.5. The fourth-order valence-electron chi connectivity index (χ4n) is 4.94. The van der Waals surface area contributed by atoms with Crippen LogP contribution in [0.2, 0.25) is 0 Å². The molecule has 0 aliphatic carbocycles. The molecule has 0 aromatic heterocycles. The molecule has 0 saturated carbocycles. The summed E-state index contributed by atoms with van der Waals surface area (Å²) < 4.78 is 22.7. The van der Waals surface area contributed by atoms with E-state index in [2.05, 4.69) is 11.8 Å². The number of likely N-dealkylation sites (tertiary alicyclic amines) is 1. The highest BCUT2D eigenvalue weighted by atomic mass is 16.5. The van der Waals surface area contributed by atoms with Gasteiger partial charge in [-0.15, -0.1) is 0 Å². The molecule has 216 valence electrons. The lowest BCUT2D eigenvalue weighted by atomic mass is 9.95. The Hall–Kier alpha value is -3.56. The first kappa shape index (κ1) is 29.4. The van der Waals surface area contributed by atoms with Gasteiger partial charge in [-0.1, -0.05) is 38.5 Å². The minimum atomic E-state index is -0.792. The SMILES string of the molecule is CCCCOc1ccc(C2C(=C(O)c3cccc(OCCC)c3)C(=O)C(=O)N2CCN2CCOCC2)cc1OC. The fraction of sp³-hybridized carbons (Fsp3) is 0.484. The number of ether oxygens (including phenoxy) is 4. The van der Waals surface area contributed by atoms with Crippen LogP contribution in [0.25, 0.3) is 5.76 Å². The number of morpholine rings is 1. The highest BCUT2D eigenvalue weighted by Gasteiger charge is 2.46. The summed E-state index contributed by atoms with van der Waals surface area (Å²) in [6.45, 7) is 8.89. The molecule has 0 spiro atoms. The number of rotatable bonds is 13. The second-order valence-corrected chi connectivity index (χ2v) is 9.94. The van der Waals surface area contributed by atoms with Crippen LogP contribution < -0.4 is 14.2 Å². The number of hydrogen-bond donors (Lipinski definition) is 1. The van der Waals surface area contributed by atoms with Gasteiger partial charge in [0.25, 0.3) is 11.7 Å². The van der Waals surface area contributed by atoms with E-state index in [1.54, 1.807) is 48.4 Å². The number of carbonyl (C=O) groups excluding carboxylic acids is 2. The highest BCUT2D eigenvalue weighted by Crippen LogP contribution is 2.42. The molecule has 2 saturated heterocycles. The summed E-state index contributed by atoms with van der Waals surface area (Å²) in [6, 6.07) is 11.6. The van der Waals surface area contributed by atoms with Gasteiger partial charge in [0, 0.05) is 31.7 Å². The molecule has 0 radical (unpaired) electrons. The summed E-state index contributed by atoms with van der Waals surface area (Å²) in [6.07, 6.45) is 2.75. The molecule has 2 aromatic rings. The van der Waals surface area contributed by atoms with Gasteiger partial charge in [-0.2, -0.15) is 0 Å². The van der Waals surface area contributed by atoms with Gasteiger partial charge >= 0.3 is 0 Å². The molecular formula is C31H40N2O7. The molecule has 9 heteroatoms. The van der Waals surface area contributed by atoms with E-state index >= 15 is 0 Å². The van der Waals surface area contributed by atoms with Gasteiger partial charge in [-0.25, -0.2) is 0 Å². The Bertz CT molecular complexity index is 1210. The number of Topliss-reactive ketones (excluding diaryl/α,β-unsaturated/α-hetero) is 1. The van der Waals surface area contributed by atoms with Gasteiger partial charge in [0.05, 0.1) is 45.2 Å². The number of amides is 1. The highest BCUT2D eigenvalue weighted by molar-refractivity contribution is 6.46. The van der Waals surface area contributed by atoms with Crippen molar-refractivity contribution < 1.29 is 33.6 Å². The number of hydrogen-bond acceptors (Lipinski definition) is 8. The van der Waals surface area contributed by atoms with Crippen molar-refractivity contribution in [3.8, 4) is 17.2 Å². The molecule has 0 bridgehead atoms. The number of nitrogens with zero attached hydrogens (tertiary/aromatic N) is 2. The molecule has 4 rings (SSSR count). The van der Waals surface area contributed by atoms with Gasteiger partial charge in [0.15, 0.2) is 11.5 Å². The van der Waals surface area contributed by atoms with Gasteiger partial charge < -0.3 is 29.0 Å². The van der Waals surface area contributed by atoms with E-state index in [4.69, 9.17) is 18.9 Å². The minimum absolute atomic E-state index is 0.0429. The van der Waals surface area contributed by atoms with Crippen LogP contribution in [0.5, 0.6) is 17.2 Å². The van der Waals surface area contributed by atoms with Crippen molar-refractivity contribution in [2.75, 3.05) is 59.7 Å². The molecule has 9 nitrogen and oxygen atoms in total. The minimum Gasteiger partial charge on any atom is -0.507 e. The second-order valence-electron chi connectivity index (χ2n) is 9.94. The van der Waals surface area contributed by atoms with E-state index < -0.39 is 17.7 Å². The van der Waals surface area contributed by atoms with Crippen LogP contribution in [0, 0.1) is 0 Å². The Morgan fingerprint density at radius 2 is 1.77 bits per heavy atom. The summed E-state index contributed by atoms with van der Waals surface area (Å²) in [4.78, 5) is 30.7. The first-order valence-electron chi connectivity index (χ1n) is 14.1. The molecule has 2 aromatic carbocycles. The molecule has 2 aliphatic rings. The zero-order valence-corrected chi connectivity index (χ0v) is 23.7. The molecule has 40 heavy (non-hydrogen) atoms. The van der Waals surface area contributed by atoms with Crippen molar-refractivity contribution in [2.24, 2.45) is 0 Å². The van der Waals surface area contributed by atoms with Crippen molar-refractivity contribution in [1.82, 2.24) is 9.80 Å². The number of ketones is 1. The predicted molar refractivity (Wildman–Crippen MR) is 152 cm³/mol. The Labute approximate surface area is 236 Å². The van der Waals surface area contributed by atoms with E-state index in [1.165, 1.54) is 0 Å². The average molecular weight is 553 g/mol. The standard InChI is InChI=1S/C31H40N2O7/c1-4-6-17-40-25-11-10-22(21-26(25)37-3)28-27(29(34)23-8-7-9-24(20-23)39-16-5-2)30(35)31(36)33(28)13-12-32-14-18-38-19-15-32/h7-11,20-21,28,34H,4-6,12-19H2,1-3H3. The lowest BCUT2D eigenvalue weighted by molar-refractivity contribution is -0.140. The summed E-state index contributed by atoms with van der Waals surface area (Å²) in [5.74, 6) is 0.0840. The quantitative estimate of drug-likeness (QED) is 0.169. The van der Waals surface area contributed by atoms with Crippen LogP contribution in [0.3, 0.4) is 0 Å². The Kier molecular flexibility index (Phi) is 10.4. The molecule has 2 heterocycles. The molecular weight excluding hydrogens is 512 g/mol. The third-order valence-electron chi connectivity index (χ3n) is 7.14. The smallest absolute Gasteiger partial charge is 0.295 e. The van der Waals surface area contributed by atoms with Crippen molar-refractivity contribution in [3.05, 3.63) is 59.2 Å². The maximum Gasteiger partial charge on any atom is 0.295 e. The zero-order valence-electron chi connectivity index (χ0n) is 23.7.